The number of amides is 2. The Morgan fingerprint density at radius 2 is 1.78 bits per heavy atom. The predicted octanol–water partition coefficient (Wildman–Crippen LogP) is 5.10. The minimum Gasteiger partial charge on any atom is -0.338 e. The molecule has 2 saturated heterocycles. The molecule has 0 unspecified atom stereocenters. The largest absolute Gasteiger partial charge is 0.338 e. The lowest BCUT2D eigenvalue weighted by Gasteiger charge is -2.29. The fraction of sp³-hybridized carbons (Fsp3) is 0.333. The van der Waals surface area contributed by atoms with Crippen LogP contribution in [0.25, 0.3) is 39.1 Å². The summed E-state index contributed by atoms with van der Waals surface area (Å²) in [6.07, 6.45) is 4.79. The maximum atomic E-state index is 14.0. The standard InChI is InChI=1S/C36H35F2N9O2/c1-44-22-40-34(43-44)25-4-2-23(3-5-25)24-10-14-46(15-11-24)31(48)20-45-16-12-36(21-45)13-17-47(35(36)49)27-7-9-29-28(18-27)32(42-41-29)26-6-8-30(33(37)38)39-19-26/h2-10,18-19,22,33H,11-17,20-21H2,1H3,(H,41,42)/t36-/m0/s1. The molecule has 49 heavy (non-hydrogen) atoms. The summed E-state index contributed by atoms with van der Waals surface area (Å²) in [6.45, 7) is 3.36. The lowest BCUT2D eigenvalue weighted by molar-refractivity contribution is -0.132. The minimum absolute atomic E-state index is 0.0742. The van der Waals surface area contributed by atoms with Gasteiger partial charge in [-0.1, -0.05) is 30.3 Å². The lowest BCUT2D eigenvalue weighted by Crippen LogP contribution is -2.43. The Kier molecular flexibility index (Phi) is 7.78. The van der Waals surface area contributed by atoms with Gasteiger partial charge in [-0.15, -0.1) is 0 Å². The number of benzene rings is 2. The Morgan fingerprint density at radius 1 is 0.980 bits per heavy atom. The molecule has 2 fully saturated rings. The summed E-state index contributed by atoms with van der Waals surface area (Å²) < 4.78 is 27.7. The van der Waals surface area contributed by atoms with E-state index < -0.39 is 11.8 Å². The topological polar surface area (TPSA) is 116 Å². The zero-order chi connectivity index (χ0) is 33.7. The second kappa shape index (κ2) is 12.3. The molecule has 1 spiro atoms. The minimum atomic E-state index is -2.64. The maximum absolute atomic E-state index is 14.0. The SMILES string of the molecule is Cn1cnc(-c2ccc(C3=CCN(C(=O)CN4CC[C@]5(CCN(c6ccc7[nH]nc(-c8ccc(C(F)F)nc8)c7c6)C5=O)C4)CC3)cc2)n1. The molecular formula is C36H35F2N9O2. The Morgan fingerprint density at radius 3 is 2.49 bits per heavy atom. The monoisotopic (exact) mass is 663 g/mol. The first-order chi connectivity index (χ1) is 23.8. The number of anilines is 1. The van der Waals surface area contributed by atoms with E-state index >= 15 is 0 Å². The van der Waals surface area contributed by atoms with E-state index in [2.05, 4.69) is 48.4 Å². The van der Waals surface area contributed by atoms with E-state index in [4.69, 9.17) is 0 Å². The third-order valence-corrected chi connectivity index (χ3v) is 10.1. The van der Waals surface area contributed by atoms with Crippen molar-refractivity contribution in [2.24, 2.45) is 12.5 Å². The van der Waals surface area contributed by atoms with Crippen molar-refractivity contribution < 1.29 is 18.4 Å². The molecule has 0 radical (unpaired) electrons. The van der Waals surface area contributed by atoms with E-state index in [0.717, 1.165) is 40.6 Å². The second-order valence-electron chi connectivity index (χ2n) is 13.2. The average Bonchev–Trinajstić information content (AvgIpc) is 3.92. The fourth-order valence-electron chi connectivity index (χ4n) is 7.36. The molecular weight excluding hydrogens is 628 g/mol. The van der Waals surface area contributed by atoms with Crippen molar-refractivity contribution in [3.8, 4) is 22.6 Å². The number of alkyl halides is 2. The first kappa shape index (κ1) is 31.0. The third kappa shape index (κ3) is 5.77. The van der Waals surface area contributed by atoms with Crippen LogP contribution >= 0.6 is 0 Å². The van der Waals surface area contributed by atoms with Gasteiger partial charge in [0.1, 0.15) is 17.7 Å². The molecule has 8 rings (SSSR count). The number of halogens is 2. The van der Waals surface area contributed by atoms with Crippen LogP contribution in [0.4, 0.5) is 14.5 Å². The fourth-order valence-corrected chi connectivity index (χ4v) is 7.36. The molecule has 3 aliphatic heterocycles. The van der Waals surface area contributed by atoms with Gasteiger partial charge in [-0.05, 0) is 67.3 Å². The normalized spacial score (nSPS) is 19.9. The molecule has 11 nitrogen and oxygen atoms in total. The van der Waals surface area contributed by atoms with Gasteiger partial charge in [-0.2, -0.15) is 10.2 Å². The van der Waals surface area contributed by atoms with Gasteiger partial charge in [-0.25, -0.2) is 13.8 Å². The van der Waals surface area contributed by atoms with E-state index in [1.54, 1.807) is 17.1 Å². The van der Waals surface area contributed by atoms with Gasteiger partial charge in [0.05, 0.1) is 17.5 Å². The number of pyridine rings is 1. The second-order valence-corrected chi connectivity index (χ2v) is 13.2. The van der Waals surface area contributed by atoms with E-state index in [1.807, 2.05) is 47.2 Å². The van der Waals surface area contributed by atoms with Crippen LogP contribution in [0.3, 0.4) is 0 Å². The lowest BCUT2D eigenvalue weighted by atomic mass is 9.85. The van der Waals surface area contributed by atoms with Crippen LogP contribution in [0.15, 0.2) is 73.2 Å². The van der Waals surface area contributed by atoms with Gasteiger partial charge in [0, 0.05) is 61.6 Å². The van der Waals surface area contributed by atoms with Crippen molar-refractivity contribution in [2.45, 2.75) is 25.7 Å². The summed E-state index contributed by atoms with van der Waals surface area (Å²) in [5.41, 5.74) is 5.27. The highest BCUT2D eigenvalue weighted by Crippen LogP contribution is 2.43. The zero-order valence-electron chi connectivity index (χ0n) is 27.0. The smallest absolute Gasteiger partial charge is 0.280 e. The predicted molar refractivity (Wildman–Crippen MR) is 180 cm³/mol. The number of nitrogens with one attached hydrogen (secondary N) is 1. The molecule has 0 bridgehead atoms. The molecule has 1 atom stereocenters. The Hall–Kier alpha value is -5.30. The van der Waals surface area contributed by atoms with Gasteiger partial charge in [-0.3, -0.25) is 29.3 Å². The number of aryl methyl sites for hydroxylation is 1. The molecule has 0 aliphatic carbocycles. The highest BCUT2D eigenvalue weighted by molar-refractivity contribution is 6.03. The molecule has 0 saturated carbocycles. The molecule has 1 N–H and O–H groups in total. The molecule has 13 heteroatoms. The highest BCUT2D eigenvalue weighted by atomic mass is 19.3. The van der Waals surface area contributed by atoms with Crippen LogP contribution in [-0.4, -0.2) is 90.8 Å². The number of H-pyrrole nitrogens is 1. The number of aromatic nitrogens is 6. The number of hydrogen-bond acceptors (Lipinski definition) is 7. The van der Waals surface area contributed by atoms with Gasteiger partial charge < -0.3 is 9.80 Å². The van der Waals surface area contributed by atoms with E-state index in [-0.39, 0.29) is 17.5 Å². The summed E-state index contributed by atoms with van der Waals surface area (Å²) >= 11 is 0. The summed E-state index contributed by atoms with van der Waals surface area (Å²) in [5.74, 6) is 0.853. The summed E-state index contributed by atoms with van der Waals surface area (Å²) in [6, 6.07) is 16.8. The van der Waals surface area contributed by atoms with Crippen molar-refractivity contribution in [1.82, 2.24) is 39.7 Å². The van der Waals surface area contributed by atoms with Gasteiger partial charge >= 0.3 is 0 Å². The molecule has 3 aromatic heterocycles. The number of hydrogen-bond donors (Lipinski definition) is 1. The van der Waals surface area contributed by atoms with E-state index in [9.17, 15) is 18.4 Å². The molecule has 2 amide bonds. The van der Waals surface area contributed by atoms with Crippen LogP contribution in [0, 0.1) is 5.41 Å². The number of rotatable bonds is 7. The van der Waals surface area contributed by atoms with E-state index in [1.165, 1.54) is 17.8 Å². The summed E-state index contributed by atoms with van der Waals surface area (Å²) in [4.78, 5) is 41.4. The van der Waals surface area contributed by atoms with Crippen LogP contribution in [0.5, 0.6) is 0 Å². The van der Waals surface area contributed by atoms with Gasteiger partial charge in [0.2, 0.25) is 11.8 Å². The van der Waals surface area contributed by atoms with Crippen LogP contribution < -0.4 is 4.90 Å². The number of carbonyl (C=O) groups is 2. The van der Waals surface area contributed by atoms with Crippen molar-refractivity contribution in [3.05, 3.63) is 84.5 Å². The molecule has 6 heterocycles. The third-order valence-electron chi connectivity index (χ3n) is 10.1. The van der Waals surface area contributed by atoms with E-state index in [0.29, 0.717) is 62.8 Å². The van der Waals surface area contributed by atoms with Gasteiger partial charge in [0.25, 0.3) is 6.43 Å². The zero-order valence-corrected chi connectivity index (χ0v) is 27.0. The number of nitrogens with zero attached hydrogens (tertiary/aromatic N) is 8. The summed E-state index contributed by atoms with van der Waals surface area (Å²) in [5, 5.41) is 12.5. The summed E-state index contributed by atoms with van der Waals surface area (Å²) in [7, 11) is 1.85. The van der Waals surface area contributed by atoms with Crippen molar-refractivity contribution >= 4 is 34.0 Å². The van der Waals surface area contributed by atoms with Crippen LogP contribution in [-0.2, 0) is 16.6 Å². The Bertz CT molecular complexity index is 2070. The van der Waals surface area contributed by atoms with Crippen LogP contribution in [0.1, 0.15) is 36.9 Å². The van der Waals surface area contributed by atoms with Crippen molar-refractivity contribution in [1.29, 1.82) is 0 Å². The first-order valence-electron chi connectivity index (χ1n) is 16.5. The Balaban J connectivity index is 0.893. The average molecular weight is 664 g/mol. The van der Waals surface area contributed by atoms with Crippen molar-refractivity contribution in [2.75, 3.05) is 44.2 Å². The number of carbonyl (C=O) groups excluding carboxylic acids is 2. The quantitative estimate of drug-likeness (QED) is 0.258. The molecule has 5 aromatic rings. The number of fused-ring (bicyclic) bond motifs is 1. The van der Waals surface area contributed by atoms with Crippen molar-refractivity contribution in [3.63, 3.8) is 0 Å². The highest BCUT2D eigenvalue weighted by Gasteiger charge is 2.51. The van der Waals surface area contributed by atoms with Gasteiger partial charge in [0.15, 0.2) is 5.82 Å². The molecule has 250 valence electrons. The number of likely N-dealkylation sites (tertiary alicyclic amines) is 1. The maximum Gasteiger partial charge on any atom is 0.280 e. The first-order valence-corrected chi connectivity index (χ1v) is 16.5. The Labute approximate surface area is 281 Å². The van der Waals surface area contributed by atoms with Crippen LogP contribution in [0.2, 0.25) is 0 Å². The molecule has 2 aromatic carbocycles. The molecule has 3 aliphatic rings. The number of aromatic amines is 1.